The first-order valence-corrected chi connectivity index (χ1v) is 7.59. The lowest BCUT2D eigenvalue weighted by Crippen LogP contribution is -2.34. The molecule has 1 N–H and O–H groups in total. The summed E-state index contributed by atoms with van der Waals surface area (Å²) in [6.45, 7) is 6.60. The fraction of sp³-hybridized carbons (Fsp3) is 0.412. The first-order chi connectivity index (χ1) is 10.6. The first-order valence-electron chi connectivity index (χ1n) is 7.59. The minimum atomic E-state index is -0.342. The Morgan fingerprint density at radius 1 is 1.32 bits per heavy atom. The van der Waals surface area contributed by atoms with Crippen LogP contribution in [0.5, 0.6) is 0 Å². The van der Waals surface area contributed by atoms with E-state index in [2.05, 4.69) is 10.5 Å². The number of nitrogens with one attached hydrogen (secondary N) is 1. The van der Waals surface area contributed by atoms with E-state index < -0.39 is 0 Å². The van der Waals surface area contributed by atoms with Crippen molar-refractivity contribution in [3.05, 3.63) is 47.3 Å². The second kappa shape index (κ2) is 7.22. The topological polar surface area (TPSA) is 58.4 Å². The third-order valence-electron chi connectivity index (χ3n) is 3.82. The Labute approximate surface area is 131 Å². The van der Waals surface area contributed by atoms with Crippen molar-refractivity contribution in [3.63, 3.8) is 0 Å². The maximum Gasteiger partial charge on any atom is 0.246 e. The number of carbonyl (C=O) groups excluding carboxylic acids is 1. The summed E-state index contributed by atoms with van der Waals surface area (Å²) >= 11 is 0. The molecule has 0 fully saturated rings. The van der Waals surface area contributed by atoms with Crippen LogP contribution in [0.2, 0.25) is 0 Å². The van der Waals surface area contributed by atoms with E-state index in [1.54, 1.807) is 0 Å². The van der Waals surface area contributed by atoms with Gasteiger partial charge in [-0.1, -0.05) is 49.3 Å². The summed E-state index contributed by atoms with van der Waals surface area (Å²) in [6.07, 6.45) is 0.715. The predicted octanol–water partition coefficient (Wildman–Crippen LogP) is 3.18. The average Bonchev–Trinajstić information content (AvgIpc) is 2.88. The highest BCUT2D eigenvalue weighted by Crippen LogP contribution is 2.25. The van der Waals surface area contributed by atoms with Gasteiger partial charge >= 0.3 is 0 Å². The van der Waals surface area contributed by atoms with Crippen molar-refractivity contribution in [2.24, 2.45) is 0 Å². The molecule has 0 saturated heterocycles. The van der Waals surface area contributed by atoms with E-state index >= 15 is 0 Å². The minimum Gasteiger partial charge on any atom is -0.359 e. The molecule has 0 aliphatic carbocycles. The molecule has 5 heteroatoms. The standard InChI is InChI=1S/C17H23N3O2/c1-5-14-15(12(3)22-19-14)18-17(21)16(20(4)6-2)13-10-8-7-9-11-13/h7-11,16H,5-6H2,1-4H3,(H,18,21)/t16-/m0/s1. The van der Waals surface area contributed by atoms with Gasteiger partial charge in [-0.25, -0.2) is 0 Å². The van der Waals surface area contributed by atoms with Crippen LogP contribution in [0.4, 0.5) is 5.69 Å². The van der Waals surface area contributed by atoms with Crippen molar-refractivity contribution in [1.29, 1.82) is 0 Å². The molecule has 5 nitrogen and oxygen atoms in total. The number of benzene rings is 1. The molecule has 0 saturated carbocycles. The van der Waals surface area contributed by atoms with Gasteiger partial charge in [-0.2, -0.15) is 0 Å². The highest BCUT2D eigenvalue weighted by molar-refractivity contribution is 5.96. The minimum absolute atomic E-state index is 0.0726. The summed E-state index contributed by atoms with van der Waals surface area (Å²) in [5.41, 5.74) is 2.44. The third kappa shape index (κ3) is 3.36. The predicted molar refractivity (Wildman–Crippen MR) is 86.7 cm³/mol. The zero-order chi connectivity index (χ0) is 16.1. The number of carbonyl (C=O) groups is 1. The third-order valence-corrected chi connectivity index (χ3v) is 3.82. The van der Waals surface area contributed by atoms with E-state index in [-0.39, 0.29) is 11.9 Å². The lowest BCUT2D eigenvalue weighted by atomic mass is 10.0. The molecule has 0 unspecified atom stereocenters. The molecule has 1 aromatic heterocycles. The Balaban J connectivity index is 2.28. The molecular weight excluding hydrogens is 278 g/mol. The monoisotopic (exact) mass is 301 g/mol. The van der Waals surface area contributed by atoms with E-state index in [4.69, 9.17) is 4.52 Å². The molecule has 1 atom stereocenters. The Morgan fingerprint density at radius 3 is 2.59 bits per heavy atom. The summed E-state index contributed by atoms with van der Waals surface area (Å²) in [5, 5.41) is 6.97. The summed E-state index contributed by atoms with van der Waals surface area (Å²) in [4.78, 5) is 14.8. The molecule has 1 heterocycles. The average molecular weight is 301 g/mol. The smallest absolute Gasteiger partial charge is 0.246 e. The van der Waals surface area contributed by atoms with Crippen molar-refractivity contribution in [2.75, 3.05) is 18.9 Å². The Morgan fingerprint density at radius 2 is 2.00 bits per heavy atom. The van der Waals surface area contributed by atoms with Crippen LogP contribution in [0.25, 0.3) is 0 Å². The summed E-state index contributed by atoms with van der Waals surface area (Å²) < 4.78 is 5.18. The van der Waals surface area contributed by atoms with Crippen LogP contribution in [-0.2, 0) is 11.2 Å². The quantitative estimate of drug-likeness (QED) is 0.890. The molecule has 0 aliphatic heterocycles. The largest absolute Gasteiger partial charge is 0.359 e. The normalized spacial score (nSPS) is 12.4. The van der Waals surface area contributed by atoms with E-state index in [1.807, 2.05) is 63.1 Å². The van der Waals surface area contributed by atoms with Gasteiger partial charge in [0.15, 0.2) is 5.76 Å². The molecule has 2 aromatic rings. The lowest BCUT2D eigenvalue weighted by Gasteiger charge is -2.26. The van der Waals surface area contributed by atoms with Gasteiger partial charge in [0.05, 0.1) is 0 Å². The van der Waals surface area contributed by atoms with E-state index in [9.17, 15) is 4.79 Å². The number of amides is 1. The number of aromatic nitrogens is 1. The maximum atomic E-state index is 12.8. The number of hydrogen-bond donors (Lipinski definition) is 1. The van der Waals surface area contributed by atoms with Crippen LogP contribution in [-0.4, -0.2) is 29.6 Å². The van der Waals surface area contributed by atoms with Gasteiger partial charge in [0.2, 0.25) is 5.91 Å². The fourth-order valence-electron chi connectivity index (χ4n) is 2.44. The Hall–Kier alpha value is -2.14. The van der Waals surface area contributed by atoms with Crippen molar-refractivity contribution < 1.29 is 9.32 Å². The van der Waals surface area contributed by atoms with Gasteiger partial charge < -0.3 is 9.84 Å². The van der Waals surface area contributed by atoms with Crippen LogP contribution in [0, 0.1) is 6.92 Å². The van der Waals surface area contributed by atoms with Crippen LogP contribution in [0.15, 0.2) is 34.9 Å². The molecule has 0 aliphatic rings. The van der Waals surface area contributed by atoms with Crippen molar-refractivity contribution in [2.45, 2.75) is 33.2 Å². The van der Waals surface area contributed by atoms with Crippen LogP contribution < -0.4 is 5.32 Å². The molecule has 0 radical (unpaired) electrons. The van der Waals surface area contributed by atoms with Crippen LogP contribution >= 0.6 is 0 Å². The number of likely N-dealkylation sites (N-methyl/N-ethyl adjacent to an activating group) is 1. The van der Waals surface area contributed by atoms with E-state index in [1.165, 1.54) is 0 Å². The van der Waals surface area contributed by atoms with Gasteiger partial charge in [0, 0.05) is 0 Å². The first kappa shape index (κ1) is 16.2. The second-order valence-electron chi connectivity index (χ2n) is 5.29. The number of aryl methyl sites for hydroxylation is 2. The highest BCUT2D eigenvalue weighted by atomic mass is 16.5. The molecule has 22 heavy (non-hydrogen) atoms. The molecule has 0 spiro atoms. The molecule has 1 aromatic carbocycles. The van der Waals surface area contributed by atoms with Gasteiger partial charge in [0.1, 0.15) is 17.4 Å². The Bertz CT molecular complexity index is 622. The van der Waals surface area contributed by atoms with Crippen molar-refractivity contribution in [1.82, 2.24) is 10.1 Å². The van der Waals surface area contributed by atoms with Gasteiger partial charge in [0.25, 0.3) is 0 Å². The number of hydrogen-bond acceptors (Lipinski definition) is 4. The highest BCUT2D eigenvalue weighted by Gasteiger charge is 2.26. The van der Waals surface area contributed by atoms with Gasteiger partial charge in [-0.15, -0.1) is 0 Å². The van der Waals surface area contributed by atoms with Crippen LogP contribution in [0.3, 0.4) is 0 Å². The summed E-state index contributed by atoms with van der Waals surface area (Å²) in [5.74, 6) is 0.563. The summed E-state index contributed by atoms with van der Waals surface area (Å²) in [6, 6.07) is 9.44. The van der Waals surface area contributed by atoms with Gasteiger partial charge in [-0.3, -0.25) is 9.69 Å². The number of anilines is 1. The zero-order valence-corrected chi connectivity index (χ0v) is 13.6. The molecule has 2 rings (SSSR count). The van der Waals surface area contributed by atoms with Crippen molar-refractivity contribution >= 4 is 11.6 Å². The SMILES string of the molecule is CCc1noc(C)c1NC(=O)[C@H](c1ccccc1)N(C)CC. The van der Waals surface area contributed by atoms with E-state index in [0.717, 1.165) is 17.8 Å². The lowest BCUT2D eigenvalue weighted by molar-refractivity contribution is -0.121. The van der Waals surface area contributed by atoms with Gasteiger partial charge in [-0.05, 0) is 32.5 Å². The van der Waals surface area contributed by atoms with Crippen molar-refractivity contribution in [3.8, 4) is 0 Å². The molecular formula is C17H23N3O2. The number of nitrogens with zero attached hydrogens (tertiary/aromatic N) is 2. The second-order valence-corrected chi connectivity index (χ2v) is 5.29. The zero-order valence-electron chi connectivity index (χ0n) is 13.6. The molecule has 1 amide bonds. The fourth-order valence-corrected chi connectivity index (χ4v) is 2.44. The maximum absolute atomic E-state index is 12.8. The molecule has 0 bridgehead atoms. The molecule has 118 valence electrons. The number of rotatable bonds is 6. The van der Waals surface area contributed by atoms with Crippen LogP contribution in [0.1, 0.15) is 36.9 Å². The van der Waals surface area contributed by atoms with E-state index in [0.29, 0.717) is 17.9 Å². The summed E-state index contributed by atoms with van der Waals surface area (Å²) in [7, 11) is 1.94. The Kier molecular flexibility index (Phi) is 5.33.